The molecule has 0 bridgehead atoms. The first kappa shape index (κ1) is 12.6. The van der Waals surface area contributed by atoms with Crippen molar-refractivity contribution in [3.05, 3.63) is 24.0 Å². The van der Waals surface area contributed by atoms with Crippen molar-refractivity contribution in [2.45, 2.75) is 20.3 Å². The molecular formula is C12H18N2O2. The third-order valence-corrected chi connectivity index (χ3v) is 2.36. The molecule has 0 aromatic carbocycles. The van der Waals surface area contributed by atoms with Crippen LogP contribution in [0.3, 0.4) is 0 Å². The summed E-state index contributed by atoms with van der Waals surface area (Å²) < 4.78 is 5.30. The standard InChI is InChI=1S/C12H18N2O2/c1-3-16-11-6-10(7-14-8-11)12(15)9(2)4-5-13/h6-9H,3-5,13H2,1-2H3. The van der Waals surface area contributed by atoms with Crippen LogP contribution < -0.4 is 10.5 Å². The van der Waals surface area contributed by atoms with Crippen LogP contribution in [0.15, 0.2) is 18.5 Å². The second-order valence-electron chi connectivity index (χ2n) is 3.68. The second kappa shape index (κ2) is 6.23. The largest absolute Gasteiger partial charge is 0.492 e. The summed E-state index contributed by atoms with van der Waals surface area (Å²) >= 11 is 0. The van der Waals surface area contributed by atoms with E-state index in [1.807, 2.05) is 13.8 Å². The van der Waals surface area contributed by atoms with Crippen LogP contribution in [0.2, 0.25) is 0 Å². The molecule has 0 saturated carbocycles. The Bertz CT molecular complexity index is 353. The summed E-state index contributed by atoms with van der Waals surface area (Å²) in [7, 11) is 0. The molecule has 88 valence electrons. The third-order valence-electron chi connectivity index (χ3n) is 2.36. The van der Waals surface area contributed by atoms with Crippen molar-refractivity contribution >= 4 is 5.78 Å². The van der Waals surface area contributed by atoms with E-state index in [0.29, 0.717) is 30.9 Å². The molecule has 0 amide bonds. The van der Waals surface area contributed by atoms with Crippen molar-refractivity contribution < 1.29 is 9.53 Å². The van der Waals surface area contributed by atoms with Gasteiger partial charge in [-0.05, 0) is 26.0 Å². The van der Waals surface area contributed by atoms with Crippen molar-refractivity contribution in [2.75, 3.05) is 13.2 Å². The number of aromatic nitrogens is 1. The van der Waals surface area contributed by atoms with E-state index < -0.39 is 0 Å². The molecule has 0 fully saturated rings. The molecule has 0 aliphatic rings. The maximum Gasteiger partial charge on any atom is 0.167 e. The lowest BCUT2D eigenvalue weighted by molar-refractivity contribution is 0.0924. The van der Waals surface area contributed by atoms with Gasteiger partial charge in [0.2, 0.25) is 0 Å². The highest BCUT2D eigenvalue weighted by molar-refractivity contribution is 5.97. The van der Waals surface area contributed by atoms with Gasteiger partial charge in [-0.25, -0.2) is 0 Å². The number of carbonyl (C=O) groups is 1. The van der Waals surface area contributed by atoms with Crippen molar-refractivity contribution in [2.24, 2.45) is 11.7 Å². The van der Waals surface area contributed by atoms with Gasteiger partial charge < -0.3 is 10.5 Å². The van der Waals surface area contributed by atoms with Crippen LogP contribution in [-0.4, -0.2) is 23.9 Å². The second-order valence-corrected chi connectivity index (χ2v) is 3.68. The summed E-state index contributed by atoms with van der Waals surface area (Å²) in [6.07, 6.45) is 3.86. The van der Waals surface area contributed by atoms with Crippen molar-refractivity contribution in [3.63, 3.8) is 0 Å². The molecule has 0 saturated heterocycles. The van der Waals surface area contributed by atoms with Crippen LogP contribution in [0.4, 0.5) is 0 Å². The molecule has 1 heterocycles. The van der Waals surface area contributed by atoms with E-state index >= 15 is 0 Å². The number of hydrogen-bond acceptors (Lipinski definition) is 4. The van der Waals surface area contributed by atoms with E-state index in [4.69, 9.17) is 10.5 Å². The summed E-state index contributed by atoms with van der Waals surface area (Å²) in [6, 6.07) is 1.73. The third kappa shape index (κ3) is 3.31. The fraction of sp³-hybridized carbons (Fsp3) is 0.500. The molecule has 4 heteroatoms. The zero-order valence-corrected chi connectivity index (χ0v) is 9.77. The monoisotopic (exact) mass is 222 g/mol. The minimum Gasteiger partial charge on any atom is -0.492 e. The number of nitrogens with two attached hydrogens (primary N) is 1. The van der Waals surface area contributed by atoms with Crippen LogP contribution >= 0.6 is 0 Å². The van der Waals surface area contributed by atoms with E-state index in [2.05, 4.69) is 4.98 Å². The zero-order chi connectivity index (χ0) is 12.0. The Kier molecular flexibility index (Phi) is 4.92. The summed E-state index contributed by atoms with van der Waals surface area (Å²) in [5.41, 5.74) is 6.02. The van der Waals surface area contributed by atoms with Crippen LogP contribution in [0.25, 0.3) is 0 Å². The lowest BCUT2D eigenvalue weighted by Crippen LogP contribution is -2.16. The average Bonchev–Trinajstić information content (AvgIpc) is 2.29. The molecule has 16 heavy (non-hydrogen) atoms. The summed E-state index contributed by atoms with van der Waals surface area (Å²) in [4.78, 5) is 15.9. The van der Waals surface area contributed by atoms with E-state index in [9.17, 15) is 4.79 Å². The summed E-state index contributed by atoms with van der Waals surface area (Å²) in [6.45, 7) is 4.86. The van der Waals surface area contributed by atoms with Gasteiger partial charge in [-0.3, -0.25) is 9.78 Å². The van der Waals surface area contributed by atoms with Crippen LogP contribution in [0.5, 0.6) is 5.75 Å². The molecule has 1 atom stereocenters. The number of hydrogen-bond donors (Lipinski definition) is 1. The number of pyridine rings is 1. The predicted octanol–water partition coefficient (Wildman–Crippen LogP) is 1.65. The normalized spacial score (nSPS) is 12.2. The Balaban J connectivity index is 2.78. The number of ketones is 1. The fourth-order valence-corrected chi connectivity index (χ4v) is 1.46. The number of nitrogens with zero attached hydrogens (tertiary/aromatic N) is 1. The van der Waals surface area contributed by atoms with Crippen molar-refractivity contribution in [3.8, 4) is 5.75 Å². The molecule has 1 unspecified atom stereocenters. The first-order valence-electron chi connectivity index (χ1n) is 5.51. The summed E-state index contributed by atoms with van der Waals surface area (Å²) in [5, 5.41) is 0. The Hall–Kier alpha value is -1.42. The molecule has 0 aliphatic carbocycles. The van der Waals surface area contributed by atoms with Gasteiger partial charge in [-0.2, -0.15) is 0 Å². The quantitative estimate of drug-likeness (QED) is 0.743. The molecule has 0 radical (unpaired) electrons. The Morgan fingerprint density at radius 3 is 2.94 bits per heavy atom. The number of Topliss-reactive ketones (excluding diaryl/α,β-unsaturated/α-hetero) is 1. The van der Waals surface area contributed by atoms with E-state index in [1.165, 1.54) is 0 Å². The minimum atomic E-state index is -0.0660. The van der Waals surface area contributed by atoms with Crippen LogP contribution in [0, 0.1) is 5.92 Å². The van der Waals surface area contributed by atoms with E-state index in [1.54, 1.807) is 18.5 Å². The Labute approximate surface area is 95.8 Å². The van der Waals surface area contributed by atoms with Crippen molar-refractivity contribution in [1.29, 1.82) is 0 Å². The molecule has 1 aromatic rings. The molecule has 4 nitrogen and oxygen atoms in total. The topological polar surface area (TPSA) is 65.2 Å². The molecular weight excluding hydrogens is 204 g/mol. The highest BCUT2D eigenvalue weighted by atomic mass is 16.5. The van der Waals surface area contributed by atoms with Gasteiger partial charge in [0.1, 0.15) is 5.75 Å². The van der Waals surface area contributed by atoms with Crippen LogP contribution in [0.1, 0.15) is 30.6 Å². The van der Waals surface area contributed by atoms with Gasteiger partial charge >= 0.3 is 0 Å². The van der Waals surface area contributed by atoms with Gasteiger partial charge in [0.15, 0.2) is 5.78 Å². The van der Waals surface area contributed by atoms with Gasteiger partial charge in [0, 0.05) is 17.7 Å². The smallest absolute Gasteiger partial charge is 0.167 e. The fourth-order valence-electron chi connectivity index (χ4n) is 1.46. The van der Waals surface area contributed by atoms with E-state index in [-0.39, 0.29) is 11.7 Å². The summed E-state index contributed by atoms with van der Waals surface area (Å²) in [5.74, 6) is 0.636. The van der Waals surface area contributed by atoms with Gasteiger partial charge in [-0.1, -0.05) is 6.92 Å². The van der Waals surface area contributed by atoms with Gasteiger partial charge in [-0.15, -0.1) is 0 Å². The van der Waals surface area contributed by atoms with Crippen molar-refractivity contribution in [1.82, 2.24) is 4.98 Å². The Morgan fingerprint density at radius 2 is 2.31 bits per heavy atom. The van der Waals surface area contributed by atoms with E-state index in [0.717, 1.165) is 0 Å². The number of rotatable bonds is 6. The molecule has 2 N–H and O–H groups in total. The average molecular weight is 222 g/mol. The maximum absolute atomic E-state index is 11.9. The SMILES string of the molecule is CCOc1cncc(C(=O)C(C)CCN)c1. The lowest BCUT2D eigenvalue weighted by atomic mass is 9.97. The van der Waals surface area contributed by atoms with Gasteiger partial charge in [0.05, 0.1) is 12.8 Å². The minimum absolute atomic E-state index is 0.0660. The zero-order valence-electron chi connectivity index (χ0n) is 9.77. The molecule has 0 aliphatic heterocycles. The highest BCUT2D eigenvalue weighted by Crippen LogP contribution is 2.16. The van der Waals surface area contributed by atoms with Crippen LogP contribution in [-0.2, 0) is 0 Å². The first-order valence-corrected chi connectivity index (χ1v) is 5.51. The number of carbonyl (C=O) groups excluding carboxylic acids is 1. The first-order chi connectivity index (χ1) is 7.69. The maximum atomic E-state index is 11.9. The molecule has 1 aromatic heterocycles. The molecule has 0 spiro atoms. The predicted molar refractivity (Wildman–Crippen MR) is 62.6 cm³/mol. The lowest BCUT2D eigenvalue weighted by Gasteiger charge is -2.09. The number of ether oxygens (including phenoxy) is 1. The van der Waals surface area contributed by atoms with Gasteiger partial charge in [0.25, 0.3) is 0 Å². The highest BCUT2D eigenvalue weighted by Gasteiger charge is 2.15. The molecule has 1 rings (SSSR count). The Morgan fingerprint density at radius 1 is 1.56 bits per heavy atom.